The Hall–Kier alpha value is -7.04. The molecule has 0 radical (unpaired) electrons. The van der Waals surface area contributed by atoms with E-state index in [2.05, 4.69) is 190 Å². The summed E-state index contributed by atoms with van der Waals surface area (Å²) in [6.45, 7) is 0. The van der Waals surface area contributed by atoms with E-state index in [1.54, 1.807) is 0 Å². The average molecular weight is 664 g/mol. The summed E-state index contributed by atoms with van der Waals surface area (Å²) in [6.07, 6.45) is 0. The van der Waals surface area contributed by atoms with Crippen molar-refractivity contribution >= 4 is 87.4 Å². The van der Waals surface area contributed by atoms with Crippen LogP contribution in [-0.4, -0.2) is 13.7 Å². The van der Waals surface area contributed by atoms with Crippen LogP contribution in [0.15, 0.2) is 180 Å². The van der Waals surface area contributed by atoms with Gasteiger partial charge in [-0.25, -0.2) is 0 Å². The number of para-hydroxylation sites is 6. The largest absolute Gasteiger partial charge is 0.454 e. The standard InChI is InChI=1S/C48H29N3O/c1-6-18-40-32(12-1)33-13-2-7-19-41(33)49(40)30-24-26-45-38(28-30)36-16-5-8-20-42(36)50(45)31-25-27-47-39(29-31)37-17-11-23-46(48(37)52-47)51-43-21-9-3-14-34(43)35-15-4-10-22-44(35)51/h1-29H. The Bertz CT molecular complexity index is 3320. The molecule has 0 aliphatic heterocycles. The summed E-state index contributed by atoms with van der Waals surface area (Å²) in [5.41, 5.74) is 12.2. The molecule has 0 amide bonds. The first-order valence-corrected chi connectivity index (χ1v) is 17.8. The zero-order valence-corrected chi connectivity index (χ0v) is 28.0. The summed E-state index contributed by atoms with van der Waals surface area (Å²) in [5, 5.41) is 9.66. The van der Waals surface area contributed by atoms with Gasteiger partial charge >= 0.3 is 0 Å². The van der Waals surface area contributed by atoms with Gasteiger partial charge in [-0.3, -0.25) is 0 Å². The van der Waals surface area contributed by atoms with Crippen molar-refractivity contribution in [2.45, 2.75) is 0 Å². The highest BCUT2D eigenvalue weighted by Crippen LogP contribution is 2.41. The van der Waals surface area contributed by atoms with Crippen molar-refractivity contribution < 1.29 is 4.42 Å². The van der Waals surface area contributed by atoms with E-state index in [0.29, 0.717) is 0 Å². The minimum Gasteiger partial charge on any atom is -0.454 e. The van der Waals surface area contributed by atoms with E-state index in [0.717, 1.165) is 39.0 Å². The molecular weight excluding hydrogens is 635 g/mol. The predicted octanol–water partition coefficient (Wildman–Crippen LogP) is 12.9. The lowest BCUT2D eigenvalue weighted by atomic mass is 10.1. The molecule has 0 aliphatic rings. The Labute approximate surface area is 297 Å². The van der Waals surface area contributed by atoms with Gasteiger partial charge in [0.25, 0.3) is 0 Å². The molecule has 4 aromatic heterocycles. The number of hydrogen-bond donors (Lipinski definition) is 0. The minimum absolute atomic E-state index is 0.876. The third kappa shape index (κ3) is 3.65. The SMILES string of the molecule is c1cc(-n2c3ccccc3c3ccccc32)c2oc3ccc(-n4c5ccccc5c5cc(-n6c7ccccc7c7ccccc76)ccc54)cc3c2c1. The lowest BCUT2D eigenvalue weighted by Gasteiger charge is -2.10. The molecule has 0 saturated heterocycles. The average Bonchev–Trinajstić information content (AvgIpc) is 3.94. The molecule has 0 atom stereocenters. The number of benzene rings is 8. The zero-order chi connectivity index (χ0) is 33.9. The maximum atomic E-state index is 6.75. The summed E-state index contributed by atoms with van der Waals surface area (Å²) in [7, 11) is 0. The molecule has 0 saturated carbocycles. The minimum atomic E-state index is 0.876. The Morgan fingerprint density at radius 2 is 0.692 bits per heavy atom. The molecular formula is C48H29N3O. The highest BCUT2D eigenvalue weighted by molar-refractivity contribution is 6.15. The molecule has 52 heavy (non-hydrogen) atoms. The second-order valence-corrected chi connectivity index (χ2v) is 13.7. The quantitative estimate of drug-likeness (QED) is 0.185. The van der Waals surface area contributed by atoms with Crippen molar-refractivity contribution in [3.05, 3.63) is 176 Å². The van der Waals surface area contributed by atoms with Crippen molar-refractivity contribution in [3.63, 3.8) is 0 Å². The molecule has 8 aromatic carbocycles. The number of fused-ring (bicyclic) bond motifs is 12. The maximum absolute atomic E-state index is 6.75. The summed E-state index contributed by atoms with van der Waals surface area (Å²) in [6, 6.07) is 63.4. The van der Waals surface area contributed by atoms with Crippen LogP contribution in [-0.2, 0) is 0 Å². The van der Waals surface area contributed by atoms with Gasteiger partial charge in [0.2, 0.25) is 0 Å². The summed E-state index contributed by atoms with van der Waals surface area (Å²) >= 11 is 0. The van der Waals surface area contributed by atoms with E-state index in [1.807, 2.05) is 0 Å². The topological polar surface area (TPSA) is 27.9 Å². The van der Waals surface area contributed by atoms with E-state index in [4.69, 9.17) is 4.42 Å². The Kier molecular flexibility index (Phi) is 5.47. The molecule has 4 heteroatoms. The van der Waals surface area contributed by atoms with Crippen LogP contribution in [0.25, 0.3) is 104 Å². The first-order chi connectivity index (χ1) is 25.8. The Morgan fingerprint density at radius 3 is 1.23 bits per heavy atom. The van der Waals surface area contributed by atoms with Gasteiger partial charge in [-0.05, 0) is 72.8 Å². The molecule has 12 rings (SSSR count). The van der Waals surface area contributed by atoms with Crippen LogP contribution in [0.4, 0.5) is 0 Å². The first-order valence-electron chi connectivity index (χ1n) is 17.8. The van der Waals surface area contributed by atoms with Crippen molar-refractivity contribution in [2.75, 3.05) is 0 Å². The fourth-order valence-corrected chi connectivity index (χ4v) is 8.85. The number of furan rings is 1. The molecule has 4 nitrogen and oxygen atoms in total. The maximum Gasteiger partial charge on any atom is 0.159 e. The lowest BCUT2D eigenvalue weighted by molar-refractivity contribution is 0.666. The van der Waals surface area contributed by atoms with E-state index in [-0.39, 0.29) is 0 Å². The highest BCUT2D eigenvalue weighted by atomic mass is 16.3. The van der Waals surface area contributed by atoms with E-state index in [1.165, 1.54) is 65.4 Å². The molecule has 0 spiro atoms. The van der Waals surface area contributed by atoms with E-state index >= 15 is 0 Å². The van der Waals surface area contributed by atoms with Gasteiger partial charge in [-0.1, -0.05) is 103 Å². The van der Waals surface area contributed by atoms with Gasteiger partial charge in [-0.15, -0.1) is 0 Å². The van der Waals surface area contributed by atoms with Crippen LogP contribution in [0.1, 0.15) is 0 Å². The zero-order valence-electron chi connectivity index (χ0n) is 28.0. The monoisotopic (exact) mass is 663 g/mol. The number of aromatic nitrogens is 3. The predicted molar refractivity (Wildman–Crippen MR) is 217 cm³/mol. The van der Waals surface area contributed by atoms with Crippen LogP contribution in [0, 0.1) is 0 Å². The van der Waals surface area contributed by atoms with Gasteiger partial charge in [0, 0.05) is 54.5 Å². The fourth-order valence-electron chi connectivity index (χ4n) is 8.85. The first kappa shape index (κ1) is 27.7. The Balaban J connectivity index is 1.08. The highest BCUT2D eigenvalue weighted by Gasteiger charge is 2.20. The number of hydrogen-bond acceptors (Lipinski definition) is 1. The van der Waals surface area contributed by atoms with Crippen LogP contribution in [0.3, 0.4) is 0 Å². The van der Waals surface area contributed by atoms with Crippen molar-refractivity contribution in [2.24, 2.45) is 0 Å². The molecule has 12 aromatic rings. The molecule has 0 fully saturated rings. The molecule has 0 N–H and O–H groups in total. The third-order valence-corrected chi connectivity index (χ3v) is 11.0. The van der Waals surface area contributed by atoms with Gasteiger partial charge in [-0.2, -0.15) is 0 Å². The van der Waals surface area contributed by atoms with Crippen LogP contribution < -0.4 is 0 Å². The van der Waals surface area contributed by atoms with Crippen LogP contribution >= 0.6 is 0 Å². The lowest BCUT2D eigenvalue weighted by Crippen LogP contribution is -1.95. The summed E-state index contributed by atoms with van der Waals surface area (Å²) in [5.74, 6) is 0. The van der Waals surface area contributed by atoms with Crippen LogP contribution in [0.2, 0.25) is 0 Å². The van der Waals surface area contributed by atoms with Crippen molar-refractivity contribution in [1.29, 1.82) is 0 Å². The van der Waals surface area contributed by atoms with E-state index < -0.39 is 0 Å². The van der Waals surface area contributed by atoms with Gasteiger partial charge in [0.05, 0.1) is 38.8 Å². The van der Waals surface area contributed by atoms with Crippen molar-refractivity contribution in [1.82, 2.24) is 13.7 Å². The molecule has 242 valence electrons. The fraction of sp³-hybridized carbons (Fsp3) is 0. The molecule has 4 heterocycles. The van der Waals surface area contributed by atoms with Gasteiger partial charge in [0.1, 0.15) is 5.58 Å². The van der Waals surface area contributed by atoms with Crippen molar-refractivity contribution in [3.8, 4) is 17.1 Å². The second kappa shape index (κ2) is 10.3. The third-order valence-electron chi connectivity index (χ3n) is 11.0. The molecule has 0 aliphatic carbocycles. The summed E-state index contributed by atoms with van der Waals surface area (Å²) < 4.78 is 13.9. The number of rotatable bonds is 3. The van der Waals surface area contributed by atoms with Gasteiger partial charge in [0.15, 0.2) is 5.58 Å². The van der Waals surface area contributed by atoms with Gasteiger partial charge < -0.3 is 18.1 Å². The normalized spacial score (nSPS) is 12.2. The van der Waals surface area contributed by atoms with E-state index in [9.17, 15) is 0 Å². The number of nitrogens with zero attached hydrogens (tertiary/aromatic N) is 3. The Morgan fingerprint density at radius 1 is 0.288 bits per heavy atom. The smallest absolute Gasteiger partial charge is 0.159 e. The molecule has 0 unspecified atom stereocenters. The van der Waals surface area contributed by atoms with Crippen LogP contribution in [0.5, 0.6) is 0 Å². The summed E-state index contributed by atoms with van der Waals surface area (Å²) in [4.78, 5) is 0. The molecule has 0 bridgehead atoms. The second-order valence-electron chi connectivity index (χ2n) is 13.7.